The van der Waals surface area contributed by atoms with Crippen molar-refractivity contribution in [1.29, 1.82) is 0 Å². The summed E-state index contributed by atoms with van der Waals surface area (Å²) >= 11 is 13.6. The van der Waals surface area contributed by atoms with Crippen molar-refractivity contribution < 1.29 is 13.6 Å². The molecule has 0 aliphatic heterocycles. The first-order valence-corrected chi connectivity index (χ1v) is 4.82. The predicted molar refractivity (Wildman–Crippen MR) is 52.1 cm³/mol. The molecule has 14 heavy (non-hydrogen) atoms. The molecule has 0 spiro atoms. The van der Waals surface area contributed by atoms with Crippen molar-refractivity contribution in [3.05, 3.63) is 26.9 Å². The second-order valence-electron chi connectivity index (χ2n) is 2.27. The lowest BCUT2D eigenvalue weighted by Crippen LogP contribution is -1.98. The van der Waals surface area contributed by atoms with Crippen LogP contribution in [-0.2, 0) is 0 Å². The molecule has 0 unspecified atom stereocenters. The first-order valence-electron chi connectivity index (χ1n) is 3.27. The molecule has 1 heterocycles. The van der Waals surface area contributed by atoms with Crippen LogP contribution in [0.3, 0.4) is 0 Å². The molecule has 0 amide bonds. The molecule has 0 saturated heterocycles. The molecular weight excluding hydrogens is 303 g/mol. The second kappa shape index (κ2) is 4.51. The highest BCUT2D eigenvalue weighted by Gasteiger charge is 2.18. The summed E-state index contributed by atoms with van der Waals surface area (Å²) in [4.78, 5) is 14.2. The van der Waals surface area contributed by atoms with Gasteiger partial charge >= 0.3 is 0 Å². The first kappa shape index (κ1) is 11.8. The van der Waals surface area contributed by atoms with Gasteiger partial charge in [-0.15, -0.1) is 0 Å². The molecule has 1 aromatic heterocycles. The second-order valence-corrected chi connectivity index (χ2v) is 3.75. The van der Waals surface area contributed by atoms with E-state index in [-0.39, 0.29) is 15.2 Å². The fraction of sp³-hybridized carbons (Fsp3) is 0.143. The number of nitrogens with zero attached hydrogens (tertiary/aromatic N) is 1. The number of rotatable bonds is 2. The van der Waals surface area contributed by atoms with Gasteiger partial charge in [0, 0.05) is 0 Å². The lowest BCUT2D eigenvalue weighted by molar-refractivity contribution is 0.108. The minimum absolute atomic E-state index is 0.0269. The molecule has 0 aliphatic rings. The predicted octanol–water partition coefficient (Wildman–Crippen LogP) is 3.81. The molecule has 2 nitrogen and oxygen atoms in total. The molecule has 0 N–H and O–H groups in total. The van der Waals surface area contributed by atoms with Crippen molar-refractivity contribution in [3.8, 4) is 0 Å². The fourth-order valence-electron chi connectivity index (χ4n) is 0.772. The maximum Gasteiger partial charge on any atom is 0.280 e. The summed E-state index contributed by atoms with van der Waals surface area (Å²) in [6.07, 6.45) is -2.78. The third-order valence-electron chi connectivity index (χ3n) is 1.37. The Labute approximate surface area is 96.3 Å². The summed E-state index contributed by atoms with van der Waals surface area (Å²) in [5, 5.41) is -0.977. The van der Waals surface area contributed by atoms with E-state index in [1.54, 1.807) is 0 Å². The van der Waals surface area contributed by atoms with Crippen LogP contribution < -0.4 is 0 Å². The highest BCUT2D eigenvalue weighted by atomic mass is 79.9. The summed E-state index contributed by atoms with van der Waals surface area (Å²) in [7, 11) is 0. The lowest BCUT2D eigenvalue weighted by Gasteiger charge is -2.04. The van der Waals surface area contributed by atoms with Crippen molar-refractivity contribution in [2.45, 2.75) is 6.43 Å². The quantitative estimate of drug-likeness (QED) is 0.614. The summed E-state index contributed by atoms with van der Waals surface area (Å²) < 4.78 is 24.5. The normalized spacial score (nSPS) is 10.7. The zero-order valence-corrected chi connectivity index (χ0v) is 9.50. The van der Waals surface area contributed by atoms with Gasteiger partial charge < -0.3 is 0 Å². The van der Waals surface area contributed by atoms with Gasteiger partial charge in [-0.25, -0.2) is 13.8 Å². The molecule has 0 aliphatic carbocycles. The van der Waals surface area contributed by atoms with E-state index in [2.05, 4.69) is 20.9 Å². The van der Waals surface area contributed by atoms with Gasteiger partial charge in [0.1, 0.15) is 10.3 Å². The highest BCUT2D eigenvalue weighted by molar-refractivity contribution is 9.10. The number of alkyl halides is 2. The van der Waals surface area contributed by atoms with Crippen LogP contribution in [0, 0.1) is 0 Å². The van der Waals surface area contributed by atoms with E-state index in [1.165, 1.54) is 0 Å². The van der Waals surface area contributed by atoms with E-state index in [0.717, 1.165) is 6.07 Å². The van der Waals surface area contributed by atoms with Crippen LogP contribution in [0.1, 0.15) is 22.5 Å². The average molecular weight is 305 g/mol. The largest absolute Gasteiger partial charge is 0.280 e. The number of hydrogen-bond acceptors (Lipinski definition) is 2. The van der Waals surface area contributed by atoms with Crippen LogP contribution in [0.15, 0.2) is 10.7 Å². The third kappa shape index (κ3) is 2.40. The van der Waals surface area contributed by atoms with Gasteiger partial charge in [0.2, 0.25) is 0 Å². The van der Waals surface area contributed by atoms with Crippen molar-refractivity contribution in [2.75, 3.05) is 0 Å². The Kier molecular flexibility index (Phi) is 3.80. The SMILES string of the molecule is O=C(Cl)c1cc(C(F)F)nc(Br)c1Cl. The topological polar surface area (TPSA) is 30.0 Å². The lowest BCUT2D eigenvalue weighted by atomic mass is 10.2. The van der Waals surface area contributed by atoms with Gasteiger partial charge in [0.05, 0.1) is 10.6 Å². The van der Waals surface area contributed by atoms with Gasteiger partial charge in [0.15, 0.2) is 0 Å². The van der Waals surface area contributed by atoms with E-state index in [4.69, 9.17) is 23.2 Å². The molecule has 0 radical (unpaired) electrons. The molecule has 7 heteroatoms. The van der Waals surface area contributed by atoms with Crippen LogP contribution in [0.4, 0.5) is 8.78 Å². The minimum Gasteiger partial charge on any atom is -0.276 e. The summed E-state index contributed by atoms with van der Waals surface area (Å²) in [5.41, 5.74) is -0.740. The Morgan fingerprint density at radius 2 is 2.14 bits per heavy atom. The van der Waals surface area contributed by atoms with E-state index < -0.39 is 17.4 Å². The molecular formula is C7H2BrCl2F2NO. The number of halogens is 5. The minimum atomic E-state index is -2.78. The molecule has 0 atom stereocenters. The van der Waals surface area contributed by atoms with Crippen molar-refractivity contribution in [3.63, 3.8) is 0 Å². The van der Waals surface area contributed by atoms with Gasteiger partial charge in [-0.2, -0.15) is 0 Å². The summed E-state index contributed by atoms with van der Waals surface area (Å²) in [5.74, 6) is 0. The molecule has 0 aromatic carbocycles. The highest BCUT2D eigenvalue weighted by Crippen LogP contribution is 2.29. The number of carbonyl (C=O) groups is 1. The number of aromatic nitrogens is 1. The zero-order valence-electron chi connectivity index (χ0n) is 6.40. The van der Waals surface area contributed by atoms with Crippen LogP contribution >= 0.6 is 39.1 Å². The van der Waals surface area contributed by atoms with E-state index in [0.29, 0.717) is 0 Å². The van der Waals surface area contributed by atoms with E-state index in [9.17, 15) is 13.6 Å². The Bertz CT molecular complexity index is 386. The molecule has 0 fully saturated rings. The Hall–Kier alpha value is -0.260. The van der Waals surface area contributed by atoms with E-state index >= 15 is 0 Å². The van der Waals surface area contributed by atoms with Gasteiger partial charge in [-0.1, -0.05) is 11.6 Å². The van der Waals surface area contributed by atoms with Crippen LogP contribution in [0.5, 0.6) is 0 Å². The smallest absolute Gasteiger partial charge is 0.276 e. The standard InChI is InChI=1S/C7H2BrCl2F2NO/c8-5-4(9)2(6(10)14)1-3(13-5)7(11)12/h1,7H. The van der Waals surface area contributed by atoms with Gasteiger partial charge in [-0.05, 0) is 33.6 Å². The zero-order chi connectivity index (χ0) is 10.9. The maximum atomic E-state index is 12.2. The fourth-order valence-corrected chi connectivity index (χ4v) is 1.57. The molecule has 0 bridgehead atoms. The number of pyridine rings is 1. The van der Waals surface area contributed by atoms with Crippen molar-refractivity contribution >= 4 is 44.4 Å². The summed E-state index contributed by atoms with van der Waals surface area (Å²) in [6, 6.07) is 0.868. The Balaban J connectivity index is 3.35. The molecule has 76 valence electrons. The van der Waals surface area contributed by atoms with Crippen LogP contribution in [-0.4, -0.2) is 10.2 Å². The van der Waals surface area contributed by atoms with Crippen molar-refractivity contribution in [1.82, 2.24) is 4.98 Å². The Morgan fingerprint density at radius 1 is 1.57 bits per heavy atom. The molecule has 1 aromatic rings. The molecule has 1 rings (SSSR count). The monoisotopic (exact) mass is 303 g/mol. The van der Waals surface area contributed by atoms with Gasteiger partial charge in [0.25, 0.3) is 11.7 Å². The maximum absolute atomic E-state index is 12.2. The third-order valence-corrected chi connectivity index (χ3v) is 2.76. The number of hydrogen-bond donors (Lipinski definition) is 0. The molecule has 0 saturated carbocycles. The first-order chi connectivity index (χ1) is 6.43. The van der Waals surface area contributed by atoms with Crippen LogP contribution in [0.25, 0.3) is 0 Å². The van der Waals surface area contributed by atoms with Crippen molar-refractivity contribution in [2.24, 2.45) is 0 Å². The van der Waals surface area contributed by atoms with E-state index in [1.807, 2.05) is 0 Å². The number of carbonyl (C=O) groups excluding carboxylic acids is 1. The Morgan fingerprint density at radius 3 is 2.57 bits per heavy atom. The van der Waals surface area contributed by atoms with Crippen LogP contribution in [0.2, 0.25) is 5.02 Å². The summed E-state index contributed by atoms with van der Waals surface area (Å²) in [6.45, 7) is 0. The average Bonchev–Trinajstić information content (AvgIpc) is 2.08. The van der Waals surface area contributed by atoms with Gasteiger partial charge in [-0.3, -0.25) is 4.79 Å².